The van der Waals surface area contributed by atoms with Crippen LogP contribution in [0, 0.1) is 6.92 Å². The van der Waals surface area contributed by atoms with Crippen LogP contribution in [-0.2, 0) is 0 Å². The monoisotopic (exact) mass is 265 g/mol. The zero-order valence-electron chi connectivity index (χ0n) is 11.0. The molecule has 3 N–H and O–H groups in total. The van der Waals surface area contributed by atoms with E-state index in [0.717, 1.165) is 5.56 Å². The lowest BCUT2D eigenvalue weighted by Gasteiger charge is -2.25. The number of aliphatic hydroxyl groups is 2. The van der Waals surface area contributed by atoms with Crippen molar-refractivity contribution in [2.75, 3.05) is 26.3 Å². The number of aliphatic hydroxyl groups excluding tert-OH is 2. The fourth-order valence-corrected chi connectivity index (χ4v) is 1.80. The largest absolute Gasteiger partial charge is 0.395 e. The number of carbonyl (C=O) groups is 1. The highest BCUT2D eigenvalue weighted by atomic mass is 16.3. The molecule has 5 nitrogen and oxygen atoms in total. The van der Waals surface area contributed by atoms with Crippen LogP contribution in [0.4, 0.5) is 4.79 Å². The van der Waals surface area contributed by atoms with Crippen LogP contribution in [0.15, 0.2) is 30.3 Å². The van der Waals surface area contributed by atoms with Gasteiger partial charge < -0.3 is 20.4 Å². The summed E-state index contributed by atoms with van der Waals surface area (Å²) in [5, 5.41) is 20.7. The van der Waals surface area contributed by atoms with Gasteiger partial charge in [0.15, 0.2) is 0 Å². The first-order valence-corrected chi connectivity index (χ1v) is 6.34. The van der Waals surface area contributed by atoms with Crippen LogP contribution in [-0.4, -0.2) is 47.4 Å². The maximum atomic E-state index is 12.0. The molecule has 1 radical (unpaired) electrons. The van der Waals surface area contributed by atoms with Crippen LogP contribution in [0.5, 0.6) is 0 Å². The smallest absolute Gasteiger partial charge is 0.318 e. The molecule has 1 atom stereocenters. The average Bonchev–Trinajstić information content (AvgIpc) is 2.45. The molecule has 0 heterocycles. The van der Waals surface area contributed by atoms with Crippen molar-refractivity contribution in [1.29, 1.82) is 0 Å². The third kappa shape index (κ3) is 4.89. The van der Waals surface area contributed by atoms with E-state index in [9.17, 15) is 4.79 Å². The summed E-state index contributed by atoms with van der Waals surface area (Å²) in [6.07, 6.45) is 0.530. The highest BCUT2D eigenvalue weighted by Gasteiger charge is 2.17. The Hall–Kier alpha value is -1.59. The summed E-state index contributed by atoms with van der Waals surface area (Å²) in [4.78, 5) is 13.4. The average molecular weight is 265 g/mol. The first-order valence-electron chi connectivity index (χ1n) is 6.34. The van der Waals surface area contributed by atoms with Crippen molar-refractivity contribution >= 4 is 6.03 Å². The molecule has 1 aromatic carbocycles. The van der Waals surface area contributed by atoms with Gasteiger partial charge in [0.1, 0.15) is 0 Å². The molecule has 1 rings (SSSR count). The minimum absolute atomic E-state index is 0.131. The van der Waals surface area contributed by atoms with E-state index in [-0.39, 0.29) is 38.4 Å². The van der Waals surface area contributed by atoms with Gasteiger partial charge in [0.25, 0.3) is 0 Å². The highest BCUT2D eigenvalue weighted by Crippen LogP contribution is 2.15. The topological polar surface area (TPSA) is 72.8 Å². The number of urea groups is 1. The van der Waals surface area contributed by atoms with Gasteiger partial charge in [-0.25, -0.2) is 4.79 Å². The molecule has 0 saturated heterocycles. The lowest BCUT2D eigenvalue weighted by molar-refractivity contribution is 0.155. The number of hydrogen-bond donors (Lipinski definition) is 3. The maximum absolute atomic E-state index is 12.0. The number of amides is 2. The van der Waals surface area contributed by atoms with Gasteiger partial charge in [0, 0.05) is 13.1 Å². The zero-order chi connectivity index (χ0) is 14.1. The lowest BCUT2D eigenvalue weighted by Crippen LogP contribution is -2.44. The number of rotatable bonds is 7. The van der Waals surface area contributed by atoms with Gasteiger partial charge >= 0.3 is 6.03 Å². The Morgan fingerprint density at radius 1 is 1.21 bits per heavy atom. The second-order valence-electron chi connectivity index (χ2n) is 4.14. The molecule has 0 aliphatic rings. The van der Waals surface area contributed by atoms with Crippen LogP contribution in [0.3, 0.4) is 0 Å². The van der Waals surface area contributed by atoms with Crippen molar-refractivity contribution in [3.63, 3.8) is 0 Å². The fraction of sp³-hybridized carbons (Fsp3) is 0.429. The number of benzene rings is 1. The van der Waals surface area contributed by atoms with Crippen molar-refractivity contribution in [3.05, 3.63) is 42.8 Å². The Morgan fingerprint density at radius 3 is 2.26 bits per heavy atom. The summed E-state index contributed by atoms with van der Waals surface area (Å²) in [6, 6.07) is 9.10. The van der Waals surface area contributed by atoms with E-state index in [4.69, 9.17) is 10.2 Å². The first kappa shape index (κ1) is 15.5. The van der Waals surface area contributed by atoms with E-state index < -0.39 is 0 Å². The van der Waals surface area contributed by atoms with Gasteiger partial charge in [-0.1, -0.05) is 37.3 Å². The molecule has 0 fully saturated rings. The predicted octanol–water partition coefficient (Wildman–Crippen LogP) is 0.948. The van der Waals surface area contributed by atoms with E-state index in [1.807, 2.05) is 30.3 Å². The predicted molar refractivity (Wildman–Crippen MR) is 73.4 cm³/mol. The molecular formula is C14H21N2O3. The Kier molecular flexibility index (Phi) is 6.92. The molecular weight excluding hydrogens is 244 g/mol. The molecule has 1 aromatic rings. The van der Waals surface area contributed by atoms with Crippen LogP contribution < -0.4 is 5.32 Å². The van der Waals surface area contributed by atoms with Crippen molar-refractivity contribution in [2.24, 2.45) is 0 Å². The maximum Gasteiger partial charge on any atom is 0.318 e. The van der Waals surface area contributed by atoms with Crippen molar-refractivity contribution in [1.82, 2.24) is 10.2 Å². The van der Waals surface area contributed by atoms with Crippen molar-refractivity contribution in [2.45, 2.75) is 12.5 Å². The second kappa shape index (κ2) is 8.50. The molecule has 0 aliphatic heterocycles. The van der Waals surface area contributed by atoms with Gasteiger partial charge in [-0.05, 0) is 12.0 Å². The number of carbonyl (C=O) groups excluding carboxylic acids is 1. The van der Waals surface area contributed by atoms with E-state index in [0.29, 0.717) is 6.42 Å². The molecule has 5 heteroatoms. The summed E-state index contributed by atoms with van der Waals surface area (Å²) in [7, 11) is 0. The summed E-state index contributed by atoms with van der Waals surface area (Å²) in [6.45, 7) is 3.97. The minimum Gasteiger partial charge on any atom is -0.395 e. The normalized spacial score (nSPS) is 11.9. The molecule has 105 valence electrons. The van der Waals surface area contributed by atoms with Crippen LogP contribution >= 0.6 is 0 Å². The van der Waals surface area contributed by atoms with Crippen LogP contribution in [0.1, 0.15) is 18.0 Å². The standard InChI is InChI=1S/C14H21N2O3/c1-2-13(12-6-4-3-5-7-12)15-14(19)16(8-10-17)9-11-18/h3-7,13,17-18H,1-2,8-11H2,(H,15,19). The lowest BCUT2D eigenvalue weighted by atomic mass is 10.1. The van der Waals surface area contributed by atoms with Crippen molar-refractivity contribution < 1.29 is 15.0 Å². The SMILES string of the molecule is [CH2]CC(NC(=O)N(CCO)CCO)c1ccccc1. The third-order valence-corrected chi connectivity index (χ3v) is 2.82. The van der Waals surface area contributed by atoms with E-state index in [2.05, 4.69) is 12.2 Å². The fourth-order valence-electron chi connectivity index (χ4n) is 1.80. The Balaban J connectivity index is 2.66. The van der Waals surface area contributed by atoms with Gasteiger partial charge in [0.2, 0.25) is 0 Å². The number of nitrogens with zero attached hydrogens (tertiary/aromatic N) is 1. The molecule has 0 aliphatic carbocycles. The van der Waals surface area contributed by atoms with E-state index >= 15 is 0 Å². The van der Waals surface area contributed by atoms with Gasteiger partial charge in [-0.2, -0.15) is 0 Å². The zero-order valence-corrected chi connectivity index (χ0v) is 11.0. The molecule has 2 amide bonds. The molecule has 0 saturated carbocycles. The third-order valence-electron chi connectivity index (χ3n) is 2.82. The highest BCUT2D eigenvalue weighted by molar-refractivity contribution is 5.74. The first-order chi connectivity index (χ1) is 9.22. The quantitative estimate of drug-likeness (QED) is 0.687. The Bertz CT molecular complexity index is 364. The number of hydrogen-bond acceptors (Lipinski definition) is 3. The molecule has 19 heavy (non-hydrogen) atoms. The van der Waals surface area contributed by atoms with Gasteiger partial charge in [-0.3, -0.25) is 0 Å². The summed E-state index contributed by atoms with van der Waals surface area (Å²) in [5.74, 6) is 0. The van der Waals surface area contributed by atoms with Crippen LogP contribution in [0.2, 0.25) is 0 Å². The van der Waals surface area contributed by atoms with Gasteiger partial charge in [0.05, 0.1) is 19.3 Å². The van der Waals surface area contributed by atoms with Gasteiger partial charge in [-0.15, -0.1) is 0 Å². The van der Waals surface area contributed by atoms with Crippen molar-refractivity contribution in [3.8, 4) is 0 Å². The molecule has 0 spiro atoms. The Morgan fingerprint density at radius 2 is 1.79 bits per heavy atom. The summed E-state index contributed by atoms with van der Waals surface area (Å²) >= 11 is 0. The summed E-state index contributed by atoms with van der Waals surface area (Å²) < 4.78 is 0. The summed E-state index contributed by atoms with van der Waals surface area (Å²) in [5.41, 5.74) is 0.985. The molecule has 1 unspecified atom stereocenters. The minimum atomic E-state index is -0.305. The second-order valence-corrected chi connectivity index (χ2v) is 4.14. The molecule has 0 bridgehead atoms. The van der Waals surface area contributed by atoms with Crippen LogP contribution in [0.25, 0.3) is 0 Å². The van der Waals surface area contributed by atoms with E-state index in [1.165, 1.54) is 4.90 Å². The molecule has 0 aromatic heterocycles. The Labute approximate surface area is 113 Å². The van der Waals surface area contributed by atoms with E-state index in [1.54, 1.807) is 0 Å². The number of nitrogens with one attached hydrogen (secondary N) is 1.